The van der Waals surface area contributed by atoms with Crippen molar-refractivity contribution in [2.75, 3.05) is 6.54 Å². The van der Waals surface area contributed by atoms with Crippen LogP contribution in [0, 0.1) is 0 Å². The average Bonchev–Trinajstić information content (AvgIpc) is 2.59. The zero-order valence-electron chi connectivity index (χ0n) is 16.0. The van der Waals surface area contributed by atoms with Crippen LogP contribution in [0.3, 0.4) is 0 Å². The minimum Gasteiger partial charge on any atom is -0.481 e. The Bertz CT molecular complexity index is 402. The molecule has 7 nitrogen and oxygen atoms in total. The average molecular weight is 372 g/mol. The van der Waals surface area contributed by atoms with Gasteiger partial charge in [0.15, 0.2) is 0 Å². The summed E-state index contributed by atoms with van der Waals surface area (Å²) in [4.78, 5) is 32.7. The predicted octanol–water partition coefficient (Wildman–Crippen LogP) is 2.46. The predicted molar refractivity (Wildman–Crippen MR) is 102 cm³/mol. The van der Waals surface area contributed by atoms with E-state index in [1.165, 1.54) is 38.5 Å². The van der Waals surface area contributed by atoms with Crippen molar-refractivity contribution in [2.45, 2.75) is 95.9 Å². The number of hydrogen-bond acceptors (Lipinski definition) is 4. The van der Waals surface area contributed by atoms with Gasteiger partial charge in [-0.05, 0) is 12.8 Å². The maximum absolute atomic E-state index is 11.6. The van der Waals surface area contributed by atoms with Gasteiger partial charge in [0.1, 0.15) is 6.04 Å². The molecule has 0 spiro atoms. The van der Waals surface area contributed by atoms with Gasteiger partial charge in [-0.3, -0.25) is 14.4 Å². The molecule has 0 radical (unpaired) electrons. The largest absolute Gasteiger partial charge is 0.481 e. The van der Waals surface area contributed by atoms with E-state index in [0.29, 0.717) is 12.8 Å². The Labute approximate surface area is 157 Å². The molecule has 0 saturated heterocycles. The molecule has 0 aliphatic carbocycles. The van der Waals surface area contributed by atoms with E-state index in [4.69, 9.17) is 16.6 Å². The SMILES string of the molecule is NC(=O)[C@@H](N)CNC(=O)CCCCCCCCCCCCCCC(=O)O. The summed E-state index contributed by atoms with van der Waals surface area (Å²) in [5.41, 5.74) is 10.5. The van der Waals surface area contributed by atoms with E-state index in [2.05, 4.69) is 5.32 Å². The second kappa shape index (κ2) is 16.8. The lowest BCUT2D eigenvalue weighted by Crippen LogP contribution is -2.45. The number of carboxylic acid groups (broad SMARTS) is 1. The second-order valence-corrected chi connectivity index (χ2v) is 6.95. The van der Waals surface area contributed by atoms with Crippen LogP contribution in [0.1, 0.15) is 89.9 Å². The first kappa shape index (κ1) is 24.4. The van der Waals surface area contributed by atoms with Gasteiger partial charge in [0.05, 0.1) is 0 Å². The van der Waals surface area contributed by atoms with Gasteiger partial charge in [0.25, 0.3) is 0 Å². The third kappa shape index (κ3) is 17.2. The standard InChI is InChI=1S/C19H37N3O4/c20-16(19(21)26)15-22-17(23)13-11-9-7-5-3-1-2-4-6-8-10-12-14-18(24)25/h16H,1-15,20H2,(H2,21,26)(H,22,23)(H,24,25)/t16-/m0/s1. The van der Waals surface area contributed by atoms with Crippen LogP contribution in [-0.2, 0) is 14.4 Å². The van der Waals surface area contributed by atoms with E-state index >= 15 is 0 Å². The first-order chi connectivity index (χ1) is 12.4. The summed E-state index contributed by atoms with van der Waals surface area (Å²) in [6, 6.07) is -0.816. The molecular weight excluding hydrogens is 334 g/mol. The van der Waals surface area contributed by atoms with Crippen LogP contribution in [0.25, 0.3) is 0 Å². The molecule has 6 N–H and O–H groups in total. The smallest absolute Gasteiger partial charge is 0.303 e. The molecule has 0 rings (SSSR count). The Kier molecular flexibility index (Phi) is 15.8. The lowest BCUT2D eigenvalue weighted by atomic mass is 10.0. The molecule has 0 aromatic heterocycles. The summed E-state index contributed by atoms with van der Waals surface area (Å²) >= 11 is 0. The van der Waals surface area contributed by atoms with Crippen molar-refractivity contribution < 1.29 is 19.5 Å². The normalized spacial score (nSPS) is 11.9. The monoisotopic (exact) mass is 371 g/mol. The number of amides is 2. The molecule has 26 heavy (non-hydrogen) atoms. The molecule has 0 aromatic rings. The fourth-order valence-electron chi connectivity index (χ4n) is 2.74. The van der Waals surface area contributed by atoms with Crippen molar-refractivity contribution in [1.82, 2.24) is 5.32 Å². The van der Waals surface area contributed by atoms with E-state index in [0.717, 1.165) is 38.5 Å². The first-order valence-electron chi connectivity index (χ1n) is 9.97. The van der Waals surface area contributed by atoms with Gasteiger partial charge in [-0.1, -0.05) is 64.2 Å². The van der Waals surface area contributed by atoms with Crippen molar-refractivity contribution >= 4 is 17.8 Å². The van der Waals surface area contributed by atoms with E-state index in [1.54, 1.807) is 0 Å². The fraction of sp³-hybridized carbons (Fsp3) is 0.842. The number of carboxylic acids is 1. The Balaban J connectivity index is 3.23. The lowest BCUT2D eigenvalue weighted by molar-refractivity contribution is -0.137. The van der Waals surface area contributed by atoms with Crippen molar-refractivity contribution in [1.29, 1.82) is 0 Å². The highest BCUT2D eigenvalue weighted by Gasteiger charge is 2.10. The summed E-state index contributed by atoms with van der Waals surface area (Å²) in [5, 5.41) is 11.2. The minimum absolute atomic E-state index is 0.0787. The van der Waals surface area contributed by atoms with E-state index < -0.39 is 17.9 Å². The van der Waals surface area contributed by atoms with Crippen molar-refractivity contribution in [2.24, 2.45) is 11.5 Å². The van der Waals surface area contributed by atoms with Crippen LogP contribution < -0.4 is 16.8 Å². The molecule has 0 aliphatic rings. The fourth-order valence-corrected chi connectivity index (χ4v) is 2.74. The Hall–Kier alpha value is -1.63. The van der Waals surface area contributed by atoms with E-state index in [9.17, 15) is 14.4 Å². The first-order valence-corrected chi connectivity index (χ1v) is 9.97. The Morgan fingerprint density at radius 1 is 0.731 bits per heavy atom. The summed E-state index contributed by atoms with van der Waals surface area (Å²) in [7, 11) is 0. The summed E-state index contributed by atoms with van der Waals surface area (Å²) < 4.78 is 0. The molecule has 0 saturated carbocycles. The number of aliphatic carboxylic acids is 1. The van der Waals surface area contributed by atoms with E-state index in [-0.39, 0.29) is 12.5 Å². The third-order valence-corrected chi connectivity index (χ3v) is 4.43. The van der Waals surface area contributed by atoms with Crippen molar-refractivity contribution in [3.63, 3.8) is 0 Å². The van der Waals surface area contributed by atoms with Crippen LogP contribution in [0.15, 0.2) is 0 Å². The Morgan fingerprint density at radius 3 is 1.50 bits per heavy atom. The van der Waals surface area contributed by atoms with Crippen LogP contribution in [0.5, 0.6) is 0 Å². The van der Waals surface area contributed by atoms with Gasteiger partial charge < -0.3 is 21.9 Å². The number of carbonyl (C=O) groups excluding carboxylic acids is 2. The maximum atomic E-state index is 11.6. The summed E-state index contributed by atoms with van der Waals surface area (Å²) in [5.74, 6) is -1.38. The number of rotatable bonds is 18. The van der Waals surface area contributed by atoms with Crippen LogP contribution in [0.4, 0.5) is 0 Å². The third-order valence-electron chi connectivity index (χ3n) is 4.43. The number of unbranched alkanes of at least 4 members (excludes halogenated alkanes) is 11. The molecule has 7 heteroatoms. The molecule has 0 aliphatic heterocycles. The molecule has 0 aromatic carbocycles. The van der Waals surface area contributed by atoms with Crippen molar-refractivity contribution in [3.05, 3.63) is 0 Å². The lowest BCUT2D eigenvalue weighted by Gasteiger charge is -2.09. The highest BCUT2D eigenvalue weighted by atomic mass is 16.4. The van der Waals surface area contributed by atoms with Crippen molar-refractivity contribution in [3.8, 4) is 0 Å². The summed E-state index contributed by atoms with van der Waals surface area (Å²) in [6.07, 6.45) is 14.1. The molecule has 0 heterocycles. The molecule has 152 valence electrons. The Morgan fingerprint density at radius 2 is 1.12 bits per heavy atom. The molecular formula is C19H37N3O4. The highest BCUT2D eigenvalue weighted by Crippen LogP contribution is 2.13. The van der Waals surface area contributed by atoms with Gasteiger partial charge in [0, 0.05) is 19.4 Å². The van der Waals surface area contributed by atoms with Gasteiger partial charge in [-0.15, -0.1) is 0 Å². The van der Waals surface area contributed by atoms with Crippen LogP contribution >= 0.6 is 0 Å². The second-order valence-electron chi connectivity index (χ2n) is 6.95. The molecule has 2 amide bonds. The minimum atomic E-state index is -0.816. The number of carbonyl (C=O) groups is 3. The maximum Gasteiger partial charge on any atom is 0.303 e. The van der Waals surface area contributed by atoms with E-state index in [1.807, 2.05) is 0 Å². The zero-order chi connectivity index (χ0) is 19.6. The quantitative estimate of drug-likeness (QED) is 0.274. The highest BCUT2D eigenvalue weighted by molar-refractivity contribution is 5.81. The molecule has 0 bridgehead atoms. The summed E-state index contributed by atoms with van der Waals surface area (Å²) in [6.45, 7) is 0.105. The van der Waals surface area contributed by atoms with Crippen LogP contribution in [0.2, 0.25) is 0 Å². The number of primary amides is 1. The number of nitrogens with two attached hydrogens (primary N) is 2. The van der Waals surface area contributed by atoms with Crippen LogP contribution in [-0.4, -0.2) is 35.5 Å². The zero-order valence-corrected chi connectivity index (χ0v) is 16.0. The van der Waals surface area contributed by atoms with Gasteiger partial charge in [-0.2, -0.15) is 0 Å². The number of nitrogens with one attached hydrogen (secondary N) is 1. The number of hydrogen-bond donors (Lipinski definition) is 4. The van der Waals surface area contributed by atoms with Gasteiger partial charge >= 0.3 is 5.97 Å². The molecule has 1 atom stereocenters. The van der Waals surface area contributed by atoms with Gasteiger partial charge in [-0.25, -0.2) is 0 Å². The molecule has 0 unspecified atom stereocenters. The topological polar surface area (TPSA) is 136 Å². The molecule has 0 fully saturated rings. The van der Waals surface area contributed by atoms with Gasteiger partial charge in [0.2, 0.25) is 11.8 Å².